The Morgan fingerprint density at radius 2 is 1.60 bits per heavy atom. The molecular weight excluding hydrogens is 409 g/mol. The van der Waals surface area contributed by atoms with Gasteiger partial charge in [0.25, 0.3) is 5.91 Å². The van der Waals surface area contributed by atoms with Gasteiger partial charge >= 0.3 is 0 Å². The van der Waals surface area contributed by atoms with E-state index in [2.05, 4.69) is 5.32 Å². The van der Waals surface area contributed by atoms with Gasteiger partial charge in [0.15, 0.2) is 0 Å². The van der Waals surface area contributed by atoms with Crippen molar-refractivity contribution in [3.8, 4) is 0 Å². The minimum atomic E-state index is -3.70. The van der Waals surface area contributed by atoms with Crippen LogP contribution in [0.15, 0.2) is 48.5 Å². The molecule has 0 unspecified atom stereocenters. The number of sulfonamides is 1. The summed E-state index contributed by atoms with van der Waals surface area (Å²) in [5, 5.41) is 2.70. The molecule has 2 aromatic carbocycles. The lowest BCUT2D eigenvalue weighted by Crippen LogP contribution is -2.40. The lowest BCUT2D eigenvalue weighted by atomic mass is 10.1. The van der Waals surface area contributed by atoms with Gasteiger partial charge in [0.2, 0.25) is 15.9 Å². The fourth-order valence-electron chi connectivity index (χ4n) is 2.79. The molecule has 162 valence electrons. The van der Waals surface area contributed by atoms with Crippen molar-refractivity contribution < 1.29 is 22.4 Å². The van der Waals surface area contributed by atoms with E-state index in [0.29, 0.717) is 30.6 Å². The number of anilines is 1. The number of halogens is 1. The first kappa shape index (κ1) is 23.3. The molecule has 2 aromatic rings. The van der Waals surface area contributed by atoms with Gasteiger partial charge in [-0.2, -0.15) is 0 Å². The second-order valence-electron chi connectivity index (χ2n) is 7.10. The molecule has 1 N–H and O–H groups in total. The highest BCUT2D eigenvalue weighted by atomic mass is 32.2. The van der Waals surface area contributed by atoms with Crippen LogP contribution in [-0.2, 0) is 21.2 Å². The molecule has 0 bridgehead atoms. The Morgan fingerprint density at radius 1 is 1.00 bits per heavy atom. The quantitative estimate of drug-likeness (QED) is 0.611. The number of aryl methyl sites for hydroxylation is 1. The molecule has 0 atom stereocenters. The number of hydrogen-bond acceptors (Lipinski definition) is 4. The van der Waals surface area contributed by atoms with Crippen LogP contribution in [0.25, 0.3) is 0 Å². The standard InChI is InChI=1S/C21H26FN3O4S/c1-24(2)21(27)17-8-12-19(13-9-17)25(30(3,28)29)15-20(26)23-14-4-5-16-6-10-18(22)11-7-16/h6-13H,4-5,14-15H2,1-3H3,(H,23,26). The van der Waals surface area contributed by atoms with Crippen molar-refractivity contribution in [2.24, 2.45) is 0 Å². The highest BCUT2D eigenvalue weighted by molar-refractivity contribution is 7.92. The van der Waals surface area contributed by atoms with E-state index in [1.165, 1.54) is 41.3 Å². The molecule has 0 spiro atoms. The Balaban J connectivity index is 1.95. The second-order valence-corrected chi connectivity index (χ2v) is 9.00. The van der Waals surface area contributed by atoms with Gasteiger partial charge in [0.05, 0.1) is 11.9 Å². The Labute approximate surface area is 176 Å². The van der Waals surface area contributed by atoms with E-state index in [4.69, 9.17) is 0 Å². The highest BCUT2D eigenvalue weighted by Crippen LogP contribution is 2.18. The molecule has 9 heteroatoms. The third-order valence-electron chi connectivity index (χ3n) is 4.37. The van der Waals surface area contributed by atoms with Crippen molar-refractivity contribution >= 4 is 27.5 Å². The largest absolute Gasteiger partial charge is 0.355 e. The molecule has 0 heterocycles. The number of benzene rings is 2. The molecule has 30 heavy (non-hydrogen) atoms. The molecule has 0 aliphatic carbocycles. The van der Waals surface area contributed by atoms with E-state index in [9.17, 15) is 22.4 Å². The fourth-order valence-corrected chi connectivity index (χ4v) is 3.64. The summed E-state index contributed by atoms with van der Waals surface area (Å²) >= 11 is 0. The second kappa shape index (κ2) is 10.2. The first-order chi connectivity index (χ1) is 14.1. The number of carbonyl (C=O) groups excluding carboxylic acids is 2. The average molecular weight is 436 g/mol. The molecule has 7 nitrogen and oxygen atoms in total. The van der Waals surface area contributed by atoms with Crippen molar-refractivity contribution in [1.29, 1.82) is 0 Å². The predicted molar refractivity (Wildman–Crippen MR) is 114 cm³/mol. The maximum absolute atomic E-state index is 12.9. The summed E-state index contributed by atoms with van der Waals surface area (Å²) in [7, 11) is -0.450. The molecule has 2 amide bonds. The monoisotopic (exact) mass is 435 g/mol. The van der Waals surface area contributed by atoms with Crippen LogP contribution in [0.4, 0.5) is 10.1 Å². The fraction of sp³-hybridized carbons (Fsp3) is 0.333. The maximum atomic E-state index is 12.9. The summed E-state index contributed by atoms with van der Waals surface area (Å²) in [4.78, 5) is 25.7. The molecular formula is C21H26FN3O4S. The molecule has 0 saturated heterocycles. The number of hydrogen-bond donors (Lipinski definition) is 1. The van der Waals surface area contributed by atoms with Gasteiger partial charge in [0, 0.05) is 26.2 Å². The van der Waals surface area contributed by atoms with Crippen molar-refractivity contribution in [1.82, 2.24) is 10.2 Å². The molecule has 0 aliphatic heterocycles. The Bertz CT molecular complexity index is 974. The van der Waals surface area contributed by atoms with E-state index in [0.717, 1.165) is 16.1 Å². The molecule has 0 fully saturated rings. The van der Waals surface area contributed by atoms with Crippen LogP contribution in [-0.4, -0.2) is 58.6 Å². The van der Waals surface area contributed by atoms with Crippen molar-refractivity contribution in [2.75, 3.05) is 37.7 Å². The zero-order valence-corrected chi connectivity index (χ0v) is 18.1. The Hall–Kier alpha value is -2.94. The first-order valence-corrected chi connectivity index (χ1v) is 11.2. The van der Waals surface area contributed by atoms with E-state index >= 15 is 0 Å². The SMILES string of the molecule is CN(C)C(=O)c1ccc(N(CC(=O)NCCCc2ccc(F)cc2)S(C)(=O)=O)cc1. The number of carbonyl (C=O) groups is 2. The van der Waals surface area contributed by atoms with Gasteiger partial charge in [-0.15, -0.1) is 0 Å². The molecule has 0 saturated carbocycles. The molecule has 0 aliphatic rings. The van der Waals surface area contributed by atoms with Crippen molar-refractivity contribution in [2.45, 2.75) is 12.8 Å². The van der Waals surface area contributed by atoms with E-state index in [1.54, 1.807) is 26.2 Å². The van der Waals surface area contributed by atoms with Crippen LogP contribution in [0.2, 0.25) is 0 Å². The summed E-state index contributed by atoms with van der Waals surface area (Å²) < 4.78 is 38.3. The lowest BCUT2D eigenvalue weighted by molar-refractivity contribution is -0.119. The third kappa shape index (κ3) is 6.84. The third-order valence-corrected chi connectivity index (χ3v) is 5.51. The maximum Gasteiger partial charge on any atom is 0.253 e. The Morgan fingerprint density at radius 3 is 2.13 bits per heavy atom. The van der Waals surface area contributed by atoms with Gasteiger partial charge in [-0.3, -0.25) is 13.9 Å². The first-order valence-electron chi connectivity index (χ1n) is 9.38. The van der Waals surface area contributed by atoms with Crippen molar-refractivity contribution in [3.05, 3.63) is 65.5 Å². The number of nitrogens with one attached hydrogen (secondary N) is 1. The number of amides is 2. The van der Waals surface area contributed by atoms with Gasteiger partial charge in [0.1, 0.15) is 12.4 Å². The number of nitrogens with zero attached hydrogens (tertiary/aromatic N) is 2. The van der Waals surface area contributed by atoms with Gasteiger partial charge in [-0.25, -0.2) is 12.8 Å². The van der Waals surface area contributed by atoms with Crippen LogP contribution in [0.3, 0.4) is 0 Å². The summed E-state index contributed by atoms with van der Waals surface area (Å²) in [6.07, 6.45) is 2.32. The summed E-state index contributed by atoms with van der Waals surface area (Å²) in [6.45, 7) is 0.000438. The lowest BCUT2D eigenvalue weighted by Gasteiger charge is -2.22. The van der Waals surface area contributed by atoms with Crippen LogP contribution < -0.4 is 9.62 Å². The number of rotatable bonds is 9. The van der Waals surface area contributed by atoms with Crippen LogP contribution in [0.1, 0.15) is 22.3 Å². The van der Waals surface area contributed by atoms with Gasteiger partial charge in [-0.1, -0.05) is 12.1 Å². The summed E-state index contributed by atoms with van der Waals surface area (Å²) in [5.74, 6) is -0.939. The van der Waals surface area contributed by atoms with Crippen LogP contribution in [0, 0.1) is 5.82 Å². The van der Waals surface area contributed by atoms with E-state index in [-0.39, 0.29) is 18.3 Å². The minimum Gasteiger partial charge on any atom is -0.355 e. The summed E-state index contributed by atoms with van der Waals surface area (Å²) in [5.41, 5.74) is 1.67. The van der Waals surface area contributed by atoms with Crippen molar-refractivity contribution in [3.63, 3.8) is 0 Å². The zero-order chi connectivity index (χ0) is 22.3. The van der Waals surface area contributed by atoms with E-state index in [1.807, 2.05) is 0 Å². The van der Waals surface area contributed by atoms with Crippen LogP contribution in [0.5, 0.6) is 0 Å². The molecule has 2 rings (SSSR count). The average Bonchev–Trinajstić information content (AvgIpc) is 2.69. The normalized spacial score (nSPS) is 11.1. The smallest absolute Gasteiger partial charge is 0.253 e. The topological polar surface area (TPSA) is 86.8 Å². The predicted octanol–water partition coefficient (Wildman–Crippen LogP) is 2.04. The molecule has 0 aromatic heterocycles. The van der Waals surface area contributed by atoms with E-state index < -0.39 is 15.9 Å². The van der Waals surface area contributed by atoms with Gasteiger partial charge < -0.3 is 10.2 Å². The molecule has 0 radical (unpaired) electrons. The van der Waals surface area contributed by atoms with Gasteiger partial charge in [-0.05, 0) is 54.8 Å². The Kier molecular flexibility index (Phi) is 7.93. The highest BCUT2D eigenvalue weighted by Gasteiger charge is 2.21. The minimum absolute atomic E-state index is 0.202. The zero-order valence-electron chi connectivity index (χ0n) is 17.3. The van der Waals surface area contributed by atoms with Crippen LogP contribution >= 0.6 is 0 Å². The summed E-state index contributed by atoms with van der Waals surface area (Å²) in [6, 6.07) is 12.2.